The van der Waals surface area contributed by atoms with Gasteiger partial charge in [0.05, 0.1) is 0 Å². The van der Waals surface area contributed by atoms with Gasteiger partial charge >= 0.3 is 0 Å². The number of rotatable bonds is 3. The van der Waals surface area contributed by atoms with Gasteiger partial charge in [0.25, 0.3) is 0 Å². The second kappa shape index (κ2) is 5.13. The monoisotopic (exact) mass is 241 g/mol. The normalized spacial score (nSPS) is 10.4. The van der Waals surface area contributed by atoms with Crippen LogP contribution in [0.4, 0.5) is 5.69 Å². The summed E-state index contributed by atoms with van der Waals surface area (Å²) in [6.45, 7) is 5.01. The summed E-state index contributed by atoms with van der Waals surface area (Å²) in [5.41, 5.74) is 4.85. The first-order chi connectivity index (χ1) is 8.54. The lowest BCUT2D eigenvalue weighted by atomic mass is 10.1. The standard InChI is InChI=1S/C16H19NO/c1-12-7-13(2)9-15(8-12)17(3)11-14-5-4-6-16(18)10-14/h4-10,18H,11H2,1-3H3. The number of nitrogens with zero attached hydrogens (tertiary/aromatic N) is 1. The molecule has 2 rings (SSSR count). The van der Waals surface area contributed by atoms with Gasteiger partial charge < -0.3 is 10.0 Å². The van der Waals surface area contributed by atoms with Crippen molar-refractivity contribution in [2.45, 2.75) is 20.4 Å². The average Bonchev–Trinajstić information content (AvgIpc) is 2.27. The molecule has 0 heterocycles. The first-order valence-corrected chi connectivity index (χ1v) is 6.12. The molecule has 94 valence electrons. The molecule has 0 unspecified atom stereocenters. The van der Waals surface area contributed by atoms with Crippen molar-refractivity contribution >= 4 is 5.69 Å². The summed E-state index contributed by atoms with van der Waals surface area (Å²) < 4.78 is 0. The molecule has 0 aliphatic heterocycles. The summed E-state index contributed by atoms with van der Waals surface area (Å²) in [7, 11) is 2.07. The lowest BCUT2D eigenvalue weighted by Gasteiger charge is -2.20. The molecule has 0 aliphatic rings. The van der Waals surface area contributed by atoms with Gasteiger partial charge in [-0.15, -0.1) is 0 Å². The number of anilines is 1. The summed E-state index contributed by atoms with van der Waals surface area (Å²) in [5, 5.41) is 9.47. The van der Waals surface area contributed by atoms with Crippen LogP contribution in [0.5, 0.6) is 5.75 Å². The molecule has 0 saturated carbocycles. The Labute approximate surface area is 109 Å². The van der Waals surface area contributed by atoms with Crippen LogP contribution in [0.25, 0.3) is 0 Å². The SMILES string of the molecule is Cc1cc(C)cc(N(C)Cc2cccc(O)c2)c1. The lowest BCUT2D eigenvalue weighted by Crippen LogP contribution is -2.16. The van der Waals surface area contributed by atoms with Crippen molar-refractivity contribution in [2.75, 3.05) is 11.9 Å². The highest BCUT2D eigenvalue weighted by atomic mass is 16.3. The van der Waals surface area contributed by atoms with E-state index in [-0.39, 0.29) is 0 Å². The fourth-order valence-corrected chi connectivity index (χ4v) is 2.19. The Hall–Kier alpha value is -1.96. The van der Waals surface area contributed by atoms with E-state index in [0.29, 0.717) is 5.75 Å². The Bertz CT molecular complexity index is 528. The van der Waals surface area contributed by atoms with Crippen molar-refractivity contribution in [3.05, 3.63) is 59.2 Å². The van der Waals surface area contributed by atoms with Crippen LogP contribution in [0.1, 0.15) is 16.7 Å². The summed E-state index contributed by atoms with van der Waals surface area (Å²) in [5.74, 6) is 0.321. The third kappa shape index (κ3) is 3.04. The molecule has 0 amide bonds. The molecular formula is C16H19NO. The number of hydrogen-bond donors (Lipinski definition) is 1. The Kier molecular flexibility index (Phi) is 3.56. The van der Waals surface area contributed by atoms with Gasteiger partial charge in [-0.2, -0.15) is 0 Å². The van der Waals surface area contributed by atoms with E-state index in [1.165, 1.54) is 16.8 Å². The quantitative estimate of drug-likeness (QED) is 0.886. The molecule has 0 aliphatic carbocycles. The first kappa shape index (κ1) is 12.5. The highest BCUT2D eigenvalue weighted by molar-refractivity contribution is 5.50. The van der Waals surface area contributed by atoms with Crippen LogP contribution < -0.4 is 4.90 Å². The molecule has 2 heteroatoms. The molecule has 0 spiro atoms. The summed E-state index contributed by atoms with van der Waals surface area (Å²) in [6.07, 6.45) is 0. The maximum Gasteiger partial charge on any atom is 0.115 e. The van der Waals surface area contributed by atoms with Crippen LogP contribution in [0, 0.1) is 13.8 Å². The van der Waals surface area contributed by atoms with Gasteiger partial charge in [0, 0.05) is 19.3 Å². The van der Waals surface area contributed by atoms with E-state index in [4.69, 9.17) is 0 Å². The van der Waals surface area contributed by atoms with E-state index in [9.17, 15) is 5.11 Å². The van der Waals surface area contributed by atoms with E-state index in [2.05, 4.69) is 44.0 Å². The van der Waals surface area contributed by atoms with E-state index in [1.807, 2.05) is 12.1 Å². The Morgan fingerprint density at radius 1 is 1.00 bits per heavy atom. The van der Waals surface area contributed by atoms with Crippen LogP contribution in [-0.2, 0) is 6.54 Å². The minimum Gasteiger partial charge on any atom is -0.508 e. The molecule has 0 saturated heterocycles. The van der Waals surface area contributed by atoms with E-state index >= 15 is 0 Å². The highest BCUT2D eigenvalue weighted by Crippen LogP contribution is 2.20. The second-order valence-electron chi connectivity index (χ2n) is 4.87. The Balaban J connectivity index is 2.19. The number of phenols is 1. The third-order valence-electron chi connectivity index (χ3n) is 2.98. The zero-order chi connectivity index (χ0) is 13.1. The third-order valence-corrected chi connectivity index (χ3v) is 2.98. The fraction of sp³-hybridized carbons (Fsp3) is 0.250. The maximum atomic E-state index is 9.47. The number of hydrogen-bond acceptors (Lipinski definition) is 2. The molecule has 1 N–H and O–H groups in total. The summed E-state index contributed by atoms with van der Waals surface area (Å²) in [6, 6.07) is 13.9. The number of benzene rings is 2. The molecule has 2 nitrogen and oxygen atoms in total. The minimum absolute atomic E-state index is 0.321. The largest absolute Gasteiger partial charge is 0.508 e. The number of aryl methyl sites for hydroxylation is 2. The van der Waals surface area contributed by atoms with E-state index < -0.39 is 0 Å². The van der Waals surface area contributed by atoms with Gasteiger partial charge in [0.2, 0.25) is 0 Å². The summed E-state index contributed by atoms with van der Waals surface area (Å²) >= 11 is 0. The molecule has 0 fully saturated rings. The topological polar surface area (TPSA) is 23.5 Å². The summed E-state index contributed by atoms with van der Waals surface area (Å²) in [4.78, 5) is 2.19. The van der Waals surface area contributed by atoms with Crippen molar-refractivity contribution in [1.29, 1.82) is 0 Å². The van der Waals surface area contributed by atoms with Crippen LogP contribution in [0.2, 0.25) is 0 Å². The molecule has 0 bridgehead atoms. The van der Waals surface area contributed by atoms with Crippen molar-refractivity contribution in [3.63, 3.8) is 0 Å². The highest BCUT2D eigenvalue weighted by Gasteiger charge is 2.04. The predicted octanol–water partition coefficient (Wildman–Crippen LogP) is 3.65. The van der Waals surface area contributed by atoms with Crippen LogP contribution in [0.15, 0.2) is 42.5 Å². The van der Waals surface area contributed by atoms with Gasteiger partial charge in [-0.05, 0) is 54.8 Å². The van der Waals surface area contributed by atoms with Gasteiger partial charge in [-0.25, -0.2) is 0 Å². The predicted molar refractivity (Wildman–Crippen MR) is 76.1 cm³/mol. The van der Waals surface area contributed by atoms with E-state index in [0.717, 1.165) is 12.1 Å². The lowest BCUT2D eigenvalue weighted by molar-refractivity contribution is 0.474. The maximum absolute atomic E-state index is 9.47. The first-order valence-electron chi connectivity index (χ1n) is 6.12. The van der Waals surface area contributed by atoms with Gasteiger partial charge in [-0.1, -0.05) is 18.2 Å². The fourth-order valence-electron chi connectivity index (χ4n) is 2.19. The Morgan fingerprint density at radius 3 is 2.28 bits per heavy atom. The van der Waals surface area contributed by atoms with Crippen LogP contribution in [0.3, 0.4) is 0 Å². The molecule has 0 radical (unpaired) electrons. The molecule has 2 aromatic rings. The van der Waals surface area contributed by atoms with Crippen molar-refractivity contribution in [2.24, 2.45) is 0 Å². The van der Waals surface area contributed by atoms with Crippen LogP contribution in [-0.4, -0.2) is 12.2 Å². The molecule has 0 aromatic heterocycles. The number of aromatic hydroxyl groups is 1. The van der Waals surface area contributed by atoms with Gasteiger partial charge in [0.1, 0.15) is 5.75 Å². The van der Waals surface area contributed by atoms with Gasteiger partial charge in [-0.3, -0.25) is 0 Å². The molecule has 0 atom stereocenters. The molecular weight excluding hydrogens is 222 g/mol. The smallest absolute Gasteiger partial charge is 0.115 e. The zero-order valence-corrected chi connectivity index (χ0v) is 11.1. The van der Waals surface area contributed by atoms with Crippen molar-refractivity contribution < 1.29 is 5.11 Å². The van der Waals surface area contributed by atoms with Crippen molar-refractivity contribution in [1.82, 2.24) is 0 Å². The molecule has 18 heavy (non-hydrogen) atoms. The minimum atomic E-state index is 0.321. The van der Waals surface area contributed by atoms with Crippen LogP contribution >= 0.6 is 0 Å². The van der Waals surface area contributed by atoms with Crippen molar-refractivity contribution in [3.8, 4) is 5.75 Å². The second-order valence-corrected chi connectivity index (χ2v) is 4.87. The zero-order valence-electron chi connectivity index (χ0n) is 11.1. The van der Waals surface area contributed by atoms with Gasteiger partial charge in [0.15, 0.2) is 0 Å². The Morgan fingerprint density at radius 2 is 1.67 bits per heavy atom. The average molecular weight is 241 g/mol. The molecule has 2 aromatic carbocycles. The van der Waals surface area contributed by atoms with E-state index in [1.54, 1.807) is 12.1 Å². The number of phenolic OH excluding ortho intramolecular Hbond substituents is 1.